The fourth-order valence-electron chi connectivity index (χ4n) is 3.60. The molecule has 4 rings (SSSR count). The molecule has 0 aliphatic heterocycles. The van der Waals surface area contributed by atoms with Crippen LogP contribution in [0, 0.1) is 6.92 Å². The van der Waals surface area contributed by atoms with Crippen LogP contribution in [0.5, 0.6) is 0 Å². The first-order valence-corrected chi connectivity index (χ1v) is 12.7. The first-order chi connectivity index (χ1) is 17.3. The van der Waals surface area contributed by atoms with Crippen LogP contribution in [0.1, 0.15) is 36.5 Å². The number of nitrogens with one attached hydrogen (secondary N) is 2. The summed E-state index contributed by atoms with van der Waals surface area (Å²) >= 11 is 17.4. The molecule has 0 saturated carbocycles. The van der Waals surface area contributed by atoms with E-state index in [1.165, 1.54) is 24.5 Å². The SMILES string of the molecule is CCCCc1ccc(-n2nc3cc(C)c(NC(=S)NC(=O)C=Cc4ccc(Cl)cc4Cl)cc3n2)cc1. The normalized spacial score (nSPS) is 11.2. The number of thiocarbonyl (C=S) groups is 1. The van der Waals surface area contributed by atoms with Gasteiger partial charge in [0.1, 0.15) is 11.0 Å². The summed E-state index contributed by atoms with van der Waals surface area (Å²) in [6.45, 7) is 4.13. The monoisotopic (exact) mass is 537 g/mol. The zero-order valence-electron chi connectivity index (χ0n) is 19.9. The fourth-order valence-corrected chi connectivity index (χ4v) is 4.29. The summed E-state index contributed by atoms with van der Waals surface area (Å²) in [6, 6.07) is 17.2. The second-order valence-corrected chi connectivity index (χ2v) is 9.61. The van der Waals surface area contributed by atoms with Crippen LogP contribution in [0.15, 0.2) is 60.7 Å². The van der Waals surface area contributed by atoms with Gasteiger partial charge in [-0.2, -0.15) is 4.80 Å². The Morgan fingerprint density at radius 2 is 1.78 bits per heavy atom. The van der Waals surface area contributed by atoms with Gasteiger partial charge in [0.15, 0.2) is 5.11 Å². The van der Waals surface area contributed by atoms with E-state index in [4.69, 9.17) is 35.4 Å². The average molecular weight is 539 g/mol. The number of carbonyl (C=O) groups excluding carboxylic acids is 1. The van der Waals surface area contributed by atoms with Crippen molar-refractivity contribution in [3.63, 3.8) is 0 Å². The van der Waals surface area contributed by atoms with E-state index in [-0.39, 0.29) is 11.0 Å². The Labute approximate surface area is 225 Å². The second kappa shape index (κ2) is 11.6. The molecule has 184 valence electrons. The highest BCUT2D eigenvalue weighted by molar-refractivity contribution is 7.80. The number of aryl methyl sites for hydroxylation is 2. The van der Waals surface area contributed by atoms with Crippen molar-refractivity contribution >= 4 is 69.2 Å². The van der Waals surface area contributed by atoms with Crippen molar-refractivity contribution in [3.05, 3.63) is 87.4 Å². The quantitative estimate of drug-likeness (QED) is 0.198. The number of halogens is 2. The van der Waals surface area contributed by atoms with Crippen LogP contribution in [0.25, 0.3) is 22.8 Å². The number of aromatic nitrogens is 3. The van der Waals surface area contributed by atoms with Gasteiger partial charge in [-0.25, -0.2) is 0 Å². The number of rotatable bonds is 7. The minimum absolute atomic E-state index is 0.171. The molecule has 1 amide bonds. The Hall–Kier alpha value is -3.26. The lowest BCUT2D eigenvalue weighted by Crippen LogP contribution is -2.33. The van der Waals surface area contributed by atoms with E-state index >= 15 is 0 Å². The van der Waals surface area contributed by atoms with Crippen LogP contribution in [-0.4, -0.2) is 26.0 Å². The van der Waals surface area contributed by atoms with E-state index in [2.05, 4.69) is 39.9 Å². The predicted octanol–water partition coefficient (Wildman–Crippen LogP) is 6.90. The molecule has 4 aromatic rings. The largest absolute Gasteiger partial charge is 0.332 e. The van der Waals surface area contributed by atoms with Crippen LogP contribution in [0.2, 0.25) is 10.0 Å². The maximum absolute atomic E-state index is 12.3. The number of hydrogen-bond donors (Lipinski definition) is 2. The van der Waals surface area contributed by atoms with Gasteiger partial charge in [-0.1, -0.05) is 54.7 Å². The average Bonchev–Trinajstić information content (AvgIpc) is 3.25. The molecule has 0 unspecified atom stereocenters. The van der Waals surface area contributed by atoms with E-state index < -0.39 is 0 Å². The third kappa shape index (κ3) is 6.49. The van der Waals surface area contributed by atoms with Gasteiger partial charge >= 0.3 is 0 Å². The molecule has 0 bridgehead atoms. The molecule has 0 saturated heterocycles. The molecule has 0 radical (unpaired) electrons. The number of nitrogens with zero attached hydrogens (tertiary/aromatic N) is 3. The van der Waals surface area contributed by atoms with Crippen molar-refractivity contribution in [1.29, 1.82) is 0 Å². The summed E-state index contributed by atoms with van der Waals surface area (Å²) in [6.07, 6.45) is 6.38. The lowest BCUT2D eigenvalue weighted by molar-refractivity contribution is -0.115. The molecule has 0 fully saturated rings. The number of anilines is 1. The Morgan fingerprint density at radius 1 is 1.06 bits per heavy atom. The molecular formula is C27H25Cl2N5OS. The summed E-state index contributed by atoms with van der Waals surface area (Å²) in [7, 11) is 0. The van der Waals surface area contributed by atoms with Crippen molar-refractivity contribution in [1.82, 2.24) is 20.3 Å². The molecule has 36 heavy (non-hydrogen) atoms. The second-order valence-electron chi connectivity index (χ2n) is 8.36. The highest BCUT2D eigenvalue weighted by Gasteiger charge is 2.11. The standard InChI is InChI=1S/C27H25Cl2N5OS/c1-3-4-5-18-6-11-21(12-7-18)34-32-24-14-17(2)23(16-25(24)33-34)30-27(36)31-26(35)13-9-19-8-10-20(28)15-22(19)29/h6-16H,3-5H2,1-2H3,(H2,30,31,35,36). The zero-order valence-corrected chi connectivity index (χ0v) is 22.2. The number of fused-ring (bicyclic) bond motifs is 1. The smallest absolute Gasteiger partial charge is 0.250 e. The van der Waals surface area contributed by atoms with Gasteiger partial charge < -0.3 is 5.32 Å². The van der Waals surface area contributed by atoms with Crippen molar-refractivity contribution in [2.45, 2.75) is 33.1 Å². The molecule has 0 atom stereocenters. The summed E-state index contributed by atoms with van der Waals surface area (Å²) in [5, 5.41) is 16.1. The van der Waals surface area contributed by atoms with Crippen molar-refractivity contribution in [3.8, 4) is 5.69 Å². The Balaban J connectivity index is 1.43. The molecule has 9 heteroatoms. The van der Waals surface area contributed by atoms with Gasteiger partial charge in [0.25, 0.3) is 0 Å². The topological polar surface area (TPSA) is 71.8 Å². The summed E-state index contributed by atoms with van der Waals surface area (Å²) in [4.78, 5) is 13.9. The highest BCUT2D eigenvalue weighted by atomic mass is 35.5. The number of benzene rings is 3. The molecule has 6 nitrogen and oxygen atoms in total. The van der Waals surface area contributed by atoms with E-state index in [0.29, 0.717) is 21.1 Å². The van der Waals surface area contributed by atoms with Crippen LogP contribution in [-0.2, 0) is 11.2 Å². The summed E-state index contributed by atoms with van der Waals surface area (Å²) in [5.41, 5.74) is 6.02. The Bertz CT molecular complexity index is 1450. The first kappa shape index (κ1) is 25.8. The lowest BCUT2D eigenvalue weighted by atomic mass is 10.1. The summed E-state index contributed by atoms with van der Waals surface area (Å²) < 4.78 is 0. The number of amides is 1. The van der Waals surface area contributed by atoms with Gasteiger partial charge in [-0.15, -0.1) is 10.2 Å². The van der Waals surface area contributed by atoms with Gasteiger partial charge in [0.05, 0.1) is 5.69 Å². The van der Waals surface area contributed by atoms with Crippen molar-refractivity contribution in [2.75, 3.05) is 5.32 Å². The van der Waals surface area contributed by atoms with E-state index in [1.807, 2.05) is 31.2 Å². The molecule has 3 aromatic carbocycles. The Kier molecular flexibility index (Phi) is 8.36. The first-order valence-electron chi connectivity index (χ1n) is 11.5. The Morgan fingerprint density at radius 3 is 2.47 bits per heavy atom. The van der Waals surface area contributed by atoms with E-state index in [1.54, 1.807) is 29.1 Å². The van der Waals surface area contributed by atoms with Gasteiger partial charge in [-0.05, 0) is 91.1 Å². The molecule has 1 heterocycles. The van der Waals surface area contributed by atoms with Gasteiger partial charge in [-0.3, -0.25) is 10.1 Å². The van der Waals surface area contributed by atoms with Gasteiger partial charge in [0.2, 0.25) is 5.91 Å². The van der Waals surface area contributed by atoms with E-state index in [9.17, 15) is 4.79 Å². The third-order valence-electron chi connectivity index (χ3n) is 5.57. The molecule has 1 aromatic heterocycles. The predicted molar refractivity (Wildman–Crippen MR) is 152 cm³/mol. The fraction of sp³-hybridized carbons (Fsp3) is 0.185. The molecular weight excluding hydrogens is 513 g/mol. The molecule has 2 N–H and O–H groups in total. The van der Waals surface area contributed by atoms with Gasteiger partial charge in [0, 0.05) is 21.8 Å². The third-order valence-corrected chi connectivity index (χ3v) is 6.34. The van der Waals surface area contributed by atoms with Crippen LogP contribution in [0.4, 0.5) is 5.69 Å². The highest BCUT2D eigenvalue weighted by Crippen LogP contribution is 2.23. The zero-order chi connectivity index (χ0) is 25.7. The molecule has 0 spiro atoms. The lowest BCUT2D eigenvalue weighted by Gasteiger charge is -2.10. The number of hydrogen-bond acceptors (Lipinski definition) is 4. The minimum Gasteiger partial charge on any atom is -0.332 e. The maximum atomic E-state index is 12.3. The van der Waals surface area contributed by atoms with E-state index in [0.717, 1.165) is 28.9 Å². The van der Waals surface area contributed by atoms with Crippen molar-refractivity contribution in [2.24, 2.45) is 0 Å². The van der Waals surface area contributed by atoms with Crippen LogP contribution in [0.3, 0.4) is 0 Å². The van der Waals surface area contributed by atoms with Crippen LogP contribution >= 0.6 is 35.4 Å². The maximum Gasteiger partial charge on any atom is 0.250 e. The van der Waals surface area contributed by atoms with Crippen molar-refractivity contribution < 1.29 is 4.79 Å². The number of unbranched alkanes of at least 4 members (excludes halogenated alkanes) is 1. The molecule has 0 aliphatic rings. The minimum atomic E-state index is -0.384. The number of carbonyl (C=O) groups is 1. The summed E-state index contributed by atoms with van der Waals surface area (Å²) in [5.74, 6) is -0.384. The molecule has 0 aliphatic carbocycles. The van der Waals surface area contributed by atoms with Crippen LogP contribution < -0.4 is 10.6 Å².